The molecule has 0 spiro atoms. The van der Waals surface area contributed by atoms with Crippen LogP contribution in [0.4, 0.5) is 4.39 Å². The Hall–Kier alpha value is -3.00. The molecule has 1 saturated carbocycles. The second kappa shape index (κ2) is 10.8. The molecule has 1 aromatic carbocycles. The second-order valence-electron chi connectivity index (χ2n) is 11.2. The molecule has 37 heavy (non-hydrogen) atoms. The van der Waals surface area contributed by atoms with Gasteiger partial charge in [0.1, 0.15) is 5.82 Å². The molecule has 3 atom stereocenters. The summed E-state index contributed by atoms with van der Waals surface area (Å²) in [6.45, 7) is 7.64. The number of nitrogens with zero attached hydrogens (tertiary/aromatic N) is 2. The predicted octanol–water partition coefficient (Wildman–Crippen LogP) is 3.57. The Bertz CT molecular complexity index is 1180. The number of pyridine rings is 1. The lowest BCUT2D eigenvalue weighted by Gasteiger charge is -2.26. The number of halogens is 1. The van der Waals surface area contributed by atoms with Crippen LogP contribution in [0.1, 0.15) is 65.3 Å². The minimum atomic E-state index is -0.286. The summed E-state index contributed by atoms with van der Waals surface area (Å²) in [5.74, 6) is 0.688. The van der Waals surface area contributed by atoms with E-state index in [2.05, 4.69) is 15.2 Å². The number of H-pyrrole nitrogens is 1. The highest BCUT2D eigenvalue weighted by atomic mass is 19.1. The highest BCUT2D eigenvalue weighted by Gasteiger charge is 2.42. The van der Waals surface area contributed by atoms with Gasteiger partial charge in [-0.25, -0.2) is 4.39 Å². The molecule has 3 fully saturated rings. The van der Waals surface area contributed by atoms with E-state index in [9.17, 15) is 18.8 Å². The van der Waals surface area contributed by atoms with Crippen molar-refractivity contribution in [1.82, 2.24) is 20.1 Å². The number of hydrogen-bond donors (Lipinski definition) is 2. The third-order valence-electron chi connectivity index (χ3n) is 8.52. The number of likely N-dealkylation sites (tertiary alicyclic amines) is 2. The Morgan fingerprint density at radius 2 is 1.78 bits per heavy atom. The molecule has 0 bridgehead atoms. The average Bonchev–Trinajstić information content (AvgIpc) is 3.58. The molecule has 1 aromatic heterocycles. The number of nitrogens with one attached hydrogen (secondary N) is 2. The van der Waals surface area contributed by atoms with E-state index in [1.807, 2.05) is 17.9 Å². The summed E-state index contributed by atoms with van der Waals surface area (Å²) < 4.78 is 14.0. The maximum atomic E-state index is 14.0. The van der Waals surface area contributed by atoms with Crippen LogP contribution in [0.15, 0.2) is 35.1 Å². The van der Waals surface area contributed by atoms with Gasteiger partial charge in [-0.05, 0) is 68.2 Å². The molecule has 7 nitrogen and oxygen atoms in total. The molecule has 198 valence electrons. The number of benzene rings is 1. The quantitative estimate of drug-likeness (QED) is 0.599. The predicted molar refractivity (Wildman–Crippen MR) is 140 cm³/mol. The van der Waals surface area contributed by atoms with E-state index in [1.165, 1.54) is 18.2 Å². The zero-order chi connectivity index (χ0) is 26.1. The summed E-state index contributed by atoms with van der Waals surface area (Å²) in [4.78, 5) is 44.9. The molecule has 3 aliphatic rings. The van der Waals surface area contributed by atoms with Gasteiger partial charge in [0.25, 0.3) is 5.91 Å². The second-order valence-corrected chi connectivity index (χ2v) is 11.2. The molecule has 3 heterocycles. The lowest BCUT2D eigenvalue weighted by molar-refractivity contribution is -0.125. The molecular formula is C29H37FN4O3. The first-order chi connectivity index (χ1) is 17.8. The van der Waals surface area contributed by atoms with Gasteiger partial charge in [0.2, 0.25) is 11.5 Å². The number of carbonyl (C=O) groups excluding carboxylic acids is 2. The van der Waals surface area contributed by atoms with Gasteiger partial charge in [0, 0.05) is 50.4 Å². The number of aryl methyl sites for hydroxylation is 2. The minimum absolute atomic E-state index is 0.00649. The summed E-state index contributed by atoms with van der Waals surface area (Å²) in [7, 11) is 0. The maximum Gasteiger partial charge on any atom is 0.255 e. The third kappa shape index (κ3) is 5.64. The highest BCUT2D eigenvalue weighted by molar-refractivity contribution is 5.96. The minimum Gasteiger partial charge on any atom is -0.349 e. The molecule has 2 amide bonds. The van der Waals surface area contributed by atoms with Crippen molar-refractivity contribution < 1.29 is 14.0 Å². The first-order valence-corrected chi connectivity index (χ1v) is 13.6. The maximum absolute atomic E-state index is 14.0. The van der Waals surface area contributed by atoms with Gasteiger partial charge in [-0.15, -0.1) is 0 Å². The van der Waals surface area contributed by atoms with E-state index in [4.69, 9.17) is 0 Å². The zero-order valence-electron chi connectivity index (χ0n) is 21.8. The number of aromatic nitrogens is 1. The fraction of sp³-hybridized carbons (Fsp3) is 0.552. The number of carbonyl (C=O) groups is 2. The topological polar surface area (TPSA) is 85.5 Å². The van der Waals surface area contributed by atoms with E-state index in [1.54, 1.807) is 13.0 Å². The molecule has 0 radical (unpaired) electrons. The Labute approximate surface area is 217 Å². The lowest BCUT2D eigenvalue weighted by atomic mass is 10.0. The van der Waals surface area contributed by atoms with Crippen LogP contribution in [0.2, 0.25) is 0 Å². The van der Waals surface area contributed by atoms with Gasteiger partial charge >= 0.3 is 0 Å². The van der Waals surface area contributed by atoms with E-state index >= 15 is 0 Å². The molecule has 2 saturated heterocycles. The molecule has 2 aliphatic heterocycles. The van der Waals surface area contributed by atoms with Crippen LogP contribution in [0, 0.1) is 37.4 Å². The van der Waals surface area contributed by atoms with Gasteiger partial charge in [0.15, 0.2) is 0 Å². The first kappa shape index (κ1) is 25.6. The van der Waals surface area contributed by atoms with Crippen LogP contribution in [0.25, 0.3) is 0 Å². The fourth-order valence-electron chi connectivity index (χ4n) is 6.61. The van der Waals surface area contributed by atoms with Crippen LogP contribution < -0.4 is 10.9 Å². The van der Waals surface area contributed by atoms with Crippen molar-refractivity contribution in [3.63, 3.8) is 0 Å². The summed E-state index contributed by atoms with van der Waals surface area (Å²) in [5, 5.41) is 3.22. The van der Waals surface area contributed by atoms with Gasteiger partial charge in [0.05, 0.1) is 11.6 Å². The number of hydrogen-bond acceptors (Lipinski definition) is 4. The SMILES string of the molecule is Cc1cc(=O)[nH]c(C)c1C(=O)N1CC2CN(CC[C@H](NC(=O)C3CCCC3)c3cccc(F)c3)CC2C1. The normalized spacial score (nSPS) is 22.8. The summed E-state index contributed by atoms with van der Waals surface area (Å²) in [6.07, 6.45) is 4.79. The number of amides is 2. The van der Waals surface area contributed by atoms with Gasteiger partial charge < -0.3 is 20.1 Å². The lowest BCUT2D eigenvalue weighted by Crippen LogP contribution is -2.37. The Balaban J connectivity index is 1.19. The molecule has 8 heteroatoms. The Morgan fingerprint density at radius 3 is 2.43 bits per heavy atom. The average molecular weight is 509 g/mol. The molecular weight excluding hydrogens is 471 g/mol. The number of rotatable bonds is 7. The van der Waals surface area contributed by atoms with Crippen molar-refractivity contribution in [2.24, 2.45) is 17.8 Å². The van der Waals surface area contributed by atoms with Crippen LogP contribution in [0.3, 0.4) is 0 Å². The summed E-state index contributed by atoms with van der Waals surface area (Å²) in [6, 6.07) is 7.84. The molecule has 2 unspecified atom stereocenters. The van der Waals surface area contributed by atoms with Crippen LogP contribution in [0.5, 0.6) is 0 Å². The standard InChI is InChI=1S/C29H37FN4O3/c1-18-12-26(35)31-19(2)27(18)29(37)34-16-22-14-33(15-23(22)17-34)11-10-25(21-8-5-9-24(30)13-21)32-28(36)20-6-3-4-7-20/h5,8-9,12-13,20,22-23,25H,3-4,6-7,10-11,14-17H2,1-2H3,(H,31,35)(H,32,36)/t22?,23?,25-/m0/s1. The van der Waals surface area contributed by atoms with Gasteiger partial charge in [-0.3, -0.25) is 14.4 Å². The number of aromatic amines is 1. The van der Waals surface area contributed by atoms with E-state index < -0.39 is 0 Å². The fourth-order valence-corrected chi connectivity index (χ4v) is 6.61. The summed E-state index contributed by atoms with van der Waals surface area (Å²) >= 11 is 0. The largest absolute Gasteiger partial charge is 0.349 e. The van der Waals surface area contributed by atoms with E-state index in [0.29, 0.717) is 41.7 Å². The Morgan fingerprint density at radius 1 is 1.08 bits per heavy atom. The van der Waals surface area contributed by atoms with Crippen molar-refractivity contribution in [1.29, 1.82) is 0 Å². The zero-order valence-corrected chi connectivity index (χ0v) is 21.8. The number of fused-ring (bicyclic) bond motifs is 1. The van der Waals surface area contributed by atoms with Crippen LogP contribution in [-0.2, 0) is 4.79 Å². The molecule has 1 aliphatic carbocycles. The van der Waals surface area contributed by atoms with Crippen molar-refractivity contribution in [2.45, 2.75) is 52.0 Å². The van der Waals surface area contributed by atoms with E-state index in [-0.39, 0.29) is 35.2 Å². The highest BCUT2D eigenvalue weighted by Crippen LogP contribution is 2.33. The van der Waals surface area contributed by atoms with Crippen LogP contribution >= 0.6 is 0 Å². The van der Waals surface area contributed by atoms with Gasteiger partial charge in [-0.1, -0.05) is 25.0 Å². The third-order valence-corrected chi connectivity index (χ3v) is 8.52. The smallest absolute Gasteiger partial charge is 0.255 e. The monoisotopic (exact) mass is 508 g/mol. The first-order valence-electron chi connectivity index (χ1n) is 13.6. The van der Waals surface area contributed by atoms with Gasteiger partial charge in [-0.2, -0.15) is 0 Å². The summed E-state index contributed by atoms with van der Waals surface area (Å²) in [5.41, 5.74) is 2.57. The van der Waals surface area contributed by atoms with Crippen molar-refractivity contribution >= 4 is 11.8 Å². The molecule has 5 rings (SSSR count). The Kier molecular flexibility index (Phi) is 7.47. The van der Waals surface area contributed by atoms with E-state index in [0.717, 1.165) is 57.3 Å². The van der Waals surface area contributed by atoms with Crippen molar-refractivity contribution in [3.8, 4) is 0 Å². The van der Waals surface area contributed by atoms with Crippen molar-refractivity contribution in [2.75, 3.05) is 32.7 Å². The molecule has 2 aromatic rings. The molecule has 2 N–H and O–H groups in total. The van der Waals surface area contributed by atoms with Crippen molar-refractivity contribution in [3.05, 3.63) is 68.9 Å². The van der Waals surface area contributed by atoms with Crippen LogP contribution in [-0.4, -0.2) is 59.3 Å².